The first-order chi connectivity index (χ1) is 10.3. The lowest BCUT2D eigenvalue weighted by Gasteiger charge is -2.13. The topological polar surface area (TPSA) is 50.7 Å². The summed E-state index contributed by atoms with van der Waals surface area (Å²) in [5.41, 5.74) is 3.31. The number of hydrogen-bond donors (Lipinski definition) is 1. The summed E-state index contributed by atoms with van der Waals surface area (Å²) in [4.78, 5) is 14.0. The number of nitrogens with zero attached hydrogens (tertiary/aromatic N) is 3. The molecule has 0 aromatic carbocycles. The van der Waals surface area contributed by atoms with Crippen LogP contribution in [0.15, 0.2) is 24.4 Å². The third-order valence-electron chi connectivity index (χ3n) is 3.82. The maximum Gasteiger partial charge on any atom is 0.134 e. The molecule has 21 heavy (non-hydrogen) atoms. The van der Waals surface area contributed by atoms with Crippen LogP contribution in [-0.2, 0) is 6.42 Å². The zero-order valence-electron chi connectivity index (χ0n) is 12.8. The van der Waals surface area contributed by atoms with Gasteiger partial charge in [-0.2, -0.15) is 0 Å². The lowest BCUT2D eigenvalue weighted by atomic mass is 10.1. The zero-order valence-corrected chi connectivity index (χ0v) is 12.8. The van der Waals surface area contributed by atoms with E-state index in [4.69, 9.17) is 9.97 Å². The second-order valence-corrected chi connectivity index (χ2v) is 5.70. The van der Waals surface area contributed by atoms with Crippen LogP contribution in [0, 0.1) is 6.92 Å². The van der Waals surface area contributed by atoms with Crippen molar-refractivity contribution >= 4 is 5.82 Å². The van der Waals surface area contributed by atoms with Gasteiger partial charge in [0.15, 0.2) is 0 Å². The molecule has 0 radical (unpaired) electrons. The van der Waals surface area contributed by atoms with Gasteiger partial charge in [-0.3, -0.25) is 4.98 Å². The van der Waals surface area contributed by atoms with Crippen LogP contribution in [0.3, 0.4) is 0 Å². The van der Waals surface area contributed by atoms with Crippen molar-refractivity contribution in [2.45, 2.75) is 45.4 Å². The van der Waals surface area contributed by atoms with Crippen molar-refractivity contribution in [2.24, 2.45) is 0 Å². The number of hydrogen-bond acceptors (Lipinski definition) is 4. The first-order valence-electron chi connectivity index (χ1n) is 7.79. The van der Waals surface area contributed by atoms with Gasteiger partial charge in [-0.25, -0.2) is 9.97 Å². The highest BCUT2D eigenvalue weighted by Gasteiger charge is 2.28. The number of pyridine rings is 1. The Hall–Kier alpha value is -1.97. The van der Waals surface area contributed by atoms with E-state index in [2.05, 4.69) is 30.2 Å². The predicted octanol–water partition coefficient (Wildman–Crippen LogP) is 3.47. The first-order valence-corrected chi connectivity index (χ1v) is 7.79. The summed E-state index contributed by atoms with van der Waals surface area (Å²) >= 11 is 0. The fraction of sp³-hybridized carbons (Fsp3) is 0.471. The Morgan fingerprint density at radius 1 is 1.24 bits per heavy atom. The number of aromatic nitrogens is 3. The fourth-order valence-corrected chi connectivity index (χ4v) is 2.37. The molecule has 0 atom stereocenters. The van der Waals surface area contributed by atoms with E-state index in [0.29, 0.717) is 5.92 Å². The molecule has 0 bridgehead atoms. The Morgan fingerprint density at radius 3 is 2.76 bits per heavy atom. The molecule has 0 aliphatic heterocycles. The van der Waals surface area contributed by atoms with E-state index in [1.807, 2.05) is 18.3 Å². The van der Waals surface area contributed by atoms with Gasteiger partial charge in [0.05, 0.1) is 5.69 Å². The third-order valence-corrected chi connectivity index (χ3v) is 3.82. The van der Waals surface area contributed by atoms with Gasteiger partial charge in [0.2, 0.25) is 0 Å². The molecule has 2 aromatic rings. The van der Waals surface area contributed by atoms with E-state index in [-0.39, 0.29) is 0 Å². The van der Waals surface area contributed by atoms with Crippen LogP contribution in [0.2, 0.25) is 0 Å². The van der Waals surface area contributed by atoms with E-state index in [0.717, 1.165) is 48.0 Å². The van der Waals surface area contributed by atoms with Crippen LogP contribution in [0.25, 0.3) is 0 Å². The number of rotatable bonds is 6. The summed E-state index contributed by atoms with van der Waals surface area (Å²) in [6.45, 7) is 5.22. The third kappa shape index (κ3) is 3.38. The smallest absolute Gasteiger partial charge is 0.134 e. The van der Waals surface area contributed by atoms with E-state index >= 15 is 0 Å². The molecule has 1 aliphatic carbocycles. The Morgan fingerprint density at radius 2 is 2.10 bits per heavy atom. The monoisotopic (exact) mass is 282 g/mol. The van der Waals surface area contributed by atoms with Gasteiger partial charge >= 0.3 is 0 Å². The van der Waals surface area contributed by atoms with Crippen molar-refractivity contribution in [2.75, 3.05) is 11.9 Å². The molecular weight excluding hydrogens is 260 g/mol. The summed E-state index contributed by atoms with van der Waals surface area (Å²) in [6, 6.07) is 6.02. The Labute approximate surface area is 126 Å². The Bertz CT molecular complexity index is 606. The Kier molecular flexibility index (Phi) is 4.13. The maximum atomic E-state index is 4.81. The highest BCUT2D eigenvalue weighted by molar-refractivity contribution is 5.47. The molecule has 2 heterocycles. The highest BCUT2D eigenvalue weighted by Crippen LogP contribution is 2.39. The molecule has 4 nitrogen and oxygen atoms in total. The molecule has 0 amide bonds. The minimum Gasteiger partial charge on any atom is -0.370 e. The molecule has 1 fully saturated rings. The average molecular weight is 282 g/mol. The normalized spacial score (nSPS) is 14.2. The van der Waals surface area contributed by atoms with Crippen molar-refractivity contribution in [1.29, 1.82) is 0 Å². The molecule has 4 heteroatoms. The fourth-order valence-electron chi connectivity index (χ4n) is 2.37. The van der Waals surface area contributed by atoms with Gasteiger partial charge in [0.1, 0.15) is 11.6 Å². The van der Waals surface area contributed by atoms with Gasteiger partial charge in [-0.1, -0.05) is 13.0 Å². The molecule has 1 saturated carbocycles. The minimum absolute atomic E-state index is 0.565. The molecule has 0 unspecified atom stereocenters. The molecule has 3 rings (SSSR count). The summed E-state index contributed by atoms with van der Waals surface area (Å²) in [6.07, 6.45) is 6.15. The van der Waals surface area contributed by atoms with E-state index in [1.54, 1.807) is 0 Å². The van der Waals surface area contributed by atoms with Crippen molar-refractivity contribution in [1.82, 2.24) is 15.0 Å². The second-order valence-electron chi connectivity index (χ2n) is 5.70. The van der Waals surface area contributed by atoms with Crippen LogP contribution in [0.5, 0.6) is 0 Å². The number of anilines is 1. The quantitative estimate of drug-likeness (QED) is 0.881. The van der Waals surface area contributed by atoms with Crippen LogP contribution >= 0.6 is 0 Å². The van der Waals surface area contributed by atoms with Gasteiger partial charge in [-0.05, 0) is 38.3 Å². The Balaban J connectivity index is 1.91. The SMILES string of the molecule is CCCNc1nc(C2CC2)nc(Cc2ccccn2)c1C. The second kappa shape index (κ2) is 6.20. The van der Waals surface area contributed by atoms with Crippen molar-refractivity contribution < 1.29 is 0 Å². The van der Waals surface area contributed by atoms with Crippen LogP contribution in [-0.4, -0.2) is 21.5 Å². The van der Waals surface area contributed by atoms with Gasteiger partial charge in [-0.15, -0.1) is 0 Å². The summed E-state index contributed by atoms with van der Waals surface area (Å²) in [5, 5.41) is 3.44. The molecule has 2 aromatic heterocycles. The first kappa shape index (κ1) is 14.0. The van der Waals surface area contributed by atoms with Crippen LogP contribution < -0.4 is 5.32 Å². The zero-order chi connectivity index (χ0) is 14.7. The van der Waals surface area contributed by atoms with Gasteiger partial charge in [0.25, 0.3) is 0 Å². The average Bonchev–Trinajstić information content (AvgIpc) is 3.34. The summed E-state index contributed by atoms with van der Waals surface area (Å²) in [5.74, 6) is 2.57. The van der Waals surface area contributed by atoms with Gasteiger partial charge in [0, 0.05) is 36.3 Å². The van der Waals surface area contributed by atoms with Crippen LogP contribution in [0.1, 0.15) is 54.9 Å². The van der Waals surface area contributed by atoms with E-state index in [9.17, 15) is 0 Å². The summed E-state index contributed by atoms with van der Waals surface area (Å²) < 4.78 is 0. The molecule has 0 saturated heterocycles. The van der Waals surface area contributed by atoms with Gasteiger partial charge < -0.3 is 5.32 Å². The lowest BCUT2D eigenvalue weighted by molar-refractivity contribution is 0.857. The van der Waals surface area contributed by atoms with Crippen LogP contribution in [0.4, 0.5) is 5.82 Å². The molecule has 1 aliphatic rings. The highest BCUT2D eigenvalue weighted by atomic mass is 15.0. The standard InChI is InChI=1S/C17H22N4/c1-3-9-19-16-12(2)15(11-14-6-4-5-10-18-14)20-17(21-16)13-7-8-13/h4-6,10,13H,3,7-9,11H2,1-2H3,(H,19,20,21). The van der Waals surface area contributed by atoms with E-state index in [1.165, 1.54) is 12.8 Å². The molecule has 110 valence electrons. The molecular formula is C17H22N4. The van der Waals surface area contributed by atoms with Crippen molar-refractivity contribution in [3.63, 3.8) is 0 Å². The lowest BCUT2D eigenvalue weighted by Crippen LogP contribution is -2.11. The largest absolute Gasteiger partial charge is 0.370 e. The molecule has 0 spiro atoms. The number of nitrogens with one attached hydrogen (secondary N) is 1. The summed E-state index contributed by atoms with van der Waals surface area (Å²) in [7, 11) is 0. The van der Waals surface area contributed by atoms with Crippen molar-refractivity contribution in [3.05, 3.63) is 47.2 Å². The minimum atomic E-state index is 0.565. The maximum absolute atomic E-state index is 4.81. The van der Waals surface area contributed by atoms with E-state index < -0.39 is 0 Å². The molecule has 1 N–H and O–H groups in total. The van der Waals surface area contributed by atoms with Crippen molar-refractivity contribution in [3.8, 4) is 0 Å². The predicted molar refractivity (Wildman–Crippen MR) is 84.6 cm³/mol.